The van der Waals surface area contributed by atoms with Crippen LogP contribution in [0.5, 0.6) is 0 Å². The zero-order valence-electron chi connectivity index (χ0n) is 15.1. The lowest BCUT2D eigenvalue weighted by atomic mass is 9.76. The zero-order valence-corrected chi connectivity index (χ0v) is 15.1. The Morgan fingerprint density at radius 1 is 1.19 bits per heavy atom. The Labute approximate surface area is 152 Å². The number of carbonyl (C=O) groups excluding carboxylic acids is 2. The molecule has 26 heavy (non-hydrogen) atoms. The topological polar surface area (TPSA) is 68.1 Å². The Hall–Kier alpha value is -2.82. The van der Waals surface area contributed by atoms with Gasteiger partial charge in [0.05, 0.1) is 19.2 Å². The van der Waals surface area contributed by atoms with Gasteiger partial charge >= 0.3 is 5.97 Å². The molecule has 0 amide bonds. The van der Waals surface area contributed by atoms with Crippen LogP contribution in [0.15, 0.2) is 46.6 Å². The molecule has 4 rings (SSSR count). The van der Waals surface area contributed by atoms with E-state index in [4.69, 9.17) is 4.74 Å². The molecule has 2 aromatic rings. The predicted octanol–water partition coefficient (Wildman–Crippen LogP) is 3.82. The van der Waals surface area contributed by atoms with Gasteiger partial charge in [-0.3, -0.25) is 4.79 Å². The van der Waals surface area contributed by atoms with Crippen LogP contribution in [-0.4, -0.2) is 30.9 Å². The number of fused-ring (bicyclic) bond motifs is 1. The Kier molecular flexibility index (Phi) is 3.75. The van der Waals surface area contributed by atoms with Crippen LogP contribution in [-0.2, 0) is 11.2 Å². The van der Waals surface area contributed by atoms with Gasteiger partial charge in [-0.2, -0.15) is 10.2 Å². The normalized spacial score (nSPS) is 23.5. The standard InChI is InChI=1S/C21H20N2O3/c1-12-8-9-14-10-21(19(24)18(14)13(12)2)17(11-22-23-21)15-6-4-5-7-16(15)20(25)26-3/h4-9,17H,10-11H2,1-3H3/t17-,21-/m0/s1. The van der Waals surface area contributed by atoms with Gasteiger partial charge in [-0.15, -0.1) is 0 Å². The molecule has 2 aliphatic rings. The van der Waals surface area contributed by atoms with Gasteiger partial charge in [0.2, 0.25) is 0 Å². The number of ketones is 1. The number of Topliss-reactive ketones (excluding diaryl/α,β-unsaturated/α-hetero) is 1. The minimum atomic E-state index is -0.953. The molecule has 132 valence electrons. The molecular formula is C21H20N2O3. The molecule has 0 unspecified atom stereocenters. The van der Waals surface area contributed by atoms with Gasteiger partial charge in [0.25, 0.3) is 0 Å². The molecule has 1 heterocycles. The molecule has 0 N–H and O–H groups in total. The minimum Gasteiger partial charge on any atom is -0.465 e. The molecule has 2 atom stereocenters. The van der Waals surface area contributed by atoms with E-state index in [9.17, 15) is 9.59 Å². The second kappa shape index (κ2) is 5.87. The second-order valence-electron chi connectivity index (χ2n) is 7.03. The van der Waals surface area contributed by atoms with Crippen LogP contribution < -0.4 is 0 Å². The summed E-state index contributed by atoms with van der Waals surface area (Å²) in [5.41, 5.74) is 4.18. The van der Waals surface area contributed by atoms with Crippen molar-refractivity contribution in [1.82, 2.24) is 0 Å². The van der Waals surface area contributed by atoms with Crippen molar-refractivity contribution in [3.05, 3.63) is 69.8 Å². The Bertz CT molecular complexity index is 964. The number of nitrogens with zero attached hydrogens (tertiary/aromatic N) is 2. The quantitative estimate of drug-likeness (QED) is 0.775. The first-order valence-electron chi connectivity index (χ1n) is 8.69. The molecule has 2 aromatic carbocycles. The fraction of sp³-hybridized carbons (Fsp3) is 0.333. The highest BCUT2D eigenvalue weighted by atomic mass is 16.5. The van der Waals surface area contributed by atoms with Crippen molar-refractivity contribution in [1.29, 1.82) is 0 Å². The number of methoxy groups -OCH3 is 1. The van der Waals surface area contributed by atoms with E-state index in [1.807, 2.05) is 38.1 Å². The lowest BCUT2D eigenvalue weighted by Crippen LogP contribution is -2.39. The summed E-state index contributed by atoms with van der Waals surface area (Å²) < 4.78 is 4.93. The van der Waals surface area contributed by atoms with Crippen LogP contribution >= 0.6 is 0 Å². The fourth-order valence-corrected chi connectivity index (χ4v) is 4.21. The number of carbonyl (C=O) groups is 2. The predicted molar refractivity (Wildman–Crippen MR) is 96.9 cm³/mol. The van der Waals surface area contributed by atoms with Crippen LogP contribution in [0.1, 0.15) is 48.9 Å². The van der Waals surface area contributed by atoms with Crippen molar-refractivity contribution < 1.29 is 14.3 Å². The van der Waals surface area contributed by atoms with E-state index >= 15 is 0 Å². The molecule has 0 saturated carbocycles. The maximum Gasteiger partial charge on any atom is 0.338 e. The highest BCUT2D eigenvalue weighted by Gasteiger charge is 2.55. The summed E-state index contributed by atoms with van der Waals surface area (Å²) in [6.45, 7) is 4.38. The number of aryl methyl sites for hydroxylation is 1. The van der Waals surface area contributed by atoms with E-state index in [0.717, 1.165) is 27.8 Å². The maximum absolute atomic E-state index is 13.5. The number of esters is 1. The Balaban J connectivity index is 1.84. The highest BCUT2D eigenvalue weighted by Crippen LogP contribution is 2.48. The lowest BCUT2D eigenvalue weighted by molar-refractivity contribution is 0.0597. The second-order valence-corrected chi connectivity index (χ2v) is 7.03. The van der Waals surface area contributed by atoms with Gasteiger partial charge < -0.3 is 4.74 Å². The molecule has 1 aliphatic carbocycles. The van der Waals surface area contributed by atoms with Gasteiger partial charge in [-0.25, -0.2) is 4.79 Å². The molecule has 0 fully saturated rings. The van der Waals surface area contributed by atoms with Gasteiger partial charge in [0.1, 0.15) is 0 Å². The first-order valence-corrected chi connectivity index (χ1v) is 8.69. The summed E-state index contributed by atoms with van der Waals surface area (Å²) in [7, 11) is 1.36. The van der Waals surface area contributed by atoms with Crippen LogP contribution in [0.2, 0.25) is 0 Å². The third-order valence-electron chi connectivity index (χ3n) is 5.73. The fourth-order valence-electron chi connectivity index (χ4n) is 4.21. The molecule has 0 saturated heterocycles. The van der Waals surface area contributed by atoms with Gasteiger partial charge in [-0.05, 0) is 42.2 Å². The number of hydrogen-bond acceptors (Lipinski definition) is 5. The van der Waals surface area contributed by atoms with Gasteiger partial charge in [-0.1, -0.05) is 30.3 Å². The van der Waals surface area contributed by atoms with Crippen molar-refractivity contribution >= 4 is 11.8 Å². The summed E-state index contributed by atoms with van der Waals surface area (Å²) >= 11 is 0. The molecule has 5 heteroatoms. The smallest absolute Gasteiger partial charge is 0.338 e. The van der Waals surface area contributed by atoms with Crippen molar-refractivity contribution in [2.75, 3.05) is 13.7 Å². The number of hydrogen-bond donors (Lipinski definition) is 0. The SMILES string of the molecule is COC(=O)c1ccccc1[C@@H]1CN=N[C@@]12Cc1ccc(C)c(C)c1C2=O. The van der Waals surface area contributed by atoms with Gasteiger partial charge in [0, 0.05) is 17.9 Å². The summed E-state index contributed by atoms with van der Waals surface area (Å²) in [6, 6.07) is 11.3. The van der Waals surface area contributed by atoms with Crippen molar-refractivity contribution in [3.63, 3.8) is 0 Å². The van der Waals surface area contributed by atoms with Crippen molar-refractivity contribution in [3.8, 4) is 0 Å². The van der Waals surface area contributed by atoms with Gasteiger partial charge in [0.15, 0.2) is 11.3 Å². The zero-order chi connectivity index (χ0) is 18.5. The molecule has 1 aliphatic heterocycles. The molecule has 0 bridgehead atoms. The van der Waals surface area contributed by atoms with E-state index in [1.54, 1.807) is 12.1 Å². The van der Waals surface area contributed by atoms with E-state index in [0.29, 0.717) is 18.5 Å². The highest BCUT2D eigenvalue weighted by molar-refractivity contribution is 6.10. The summed E-state index contributed by atoms with van der Waals surface area (Å²) in [5.74, 6) is -0.658. The van der Waals surface area contributed by atoms with E-state index in [-0.39, 0.29) is 11.7 Å². The van der Waals surface area contributed by atoms with E-state index in [1.165, 1.54) is 7.11 Å². The van der Waals surface area contributed by atoms with Crippen molar-refractivity contribution in [2.45, 2.75) is 31.7 Å². The third kappa shape index (κ3) is 2.16. The molecule has 0 aromatic heterocycles. The van der Waals surface area contributed by atoms with Crippen LogP contribution in [0, 0.1) is 13.8 Å². The monoisotopic (exact) mass is 348 g/mol. The third-order valence-corrected chi connectivity index (χ3v) is 5.73. The average Bonchev–Trinajstić information content (AvgIpc) is 3.20. The maximum atomic E-state index is 13.5. The number of ether oxygens (including phenoxy) is 1. The number of benzene rings is 2. The first kappa shape index (κ1) is 16.6. The molecule has 1 spiro atoms. The van der Waals surface area contributed by atoms with Crippen LogP contribution in [0.4, 0.5) is 0 Å². The largest absolute Gasteiger partial charge is 0.465 e. The number of rotatable bonds is 2. The Morgan fingerprint density at radius 3 is 2.73 bits per heavy atom. The van der Waals surface area contributed by atoms with E-state index in [2.05, 4.69) is 10.2 Å². The average molecular weight is 348 g/mol. The molecule has 5 nitrogen and oxygen atoms in total. The lowest BCUT2D eigenvalue weighted by Gasteiger charge is -2.27. The van der Waals surface area contributed by atoms with Crippen LogP contribution in [0.3, 0.4) is 0 Å². The van der Waals surface area contributed by atoms with E-state index < -0.39 is 11.5 Å². The molecular weight excluding hydrogens is 328 g/mol. The summed E-state index contributed by atoms with van der Waals surface area (Å²) in [5, 5.41) is 8.68. The first-order chi connectivity index (χ1) is 12.5. The molecule has 0 radical (unpaired) electrons. The minimum absolute atomic E-state index is 0.0135. The van der Waals surface area contributed by atoms with Crippen LogP contribution in [0.25, 0.3) is 0 Å². The number of azo groups is 1. The van der Waals surface area contributed by atoms with Crippen molar-refractivity contribution in [2.24, 2.45) is 10.2 Å². The summed E-state index contributed by atoms with van der Waals surface area (Å²) in [4.78, 5) is 25.7. The summed E-state index contributed by atoms with van der Waals surface area (Å²) in [6.07, 6.45) is 0.520. The Morgan fingerprint density at radius 2 is 1.96 bits per heavy atom.